The van der Waals surface area contributed by atoms with E-state index in [1.54, 1.807) is 26.2 Å². The Labute approximate surface area is 130 Å². The summed E-state index contributed by atoms with van der Waals surface area (Å²) in [6.07, 6.45) is 1.15. The van der Waals surface area contributed by atoms with Crippen molar-refractivity contribution >= 4 is 28.6 Å². The summed E-state index contributed by atoms with van der Waals surface area (Å²) in [5.74, 6) is -0.0283. The third-order valence-electron chi connectivity index (χ3n) is 2.61. The van der Waals surface area contributed by atoms with Gasteiger partial charge in [0.05, 0.1) is 0 Å². The lowest BCUT2D eigenvalue weighted by Gasteiger charge is -2.10. The molecule has 116 valence electrons. The second kappa shape index (κ2) is 9.41. The van der Waals surface area contributed by atoms with Crippen LogP contribution in [-0.4, -0.2) is 43.4 Å². The summed E-state index contributed by atoms with van der Waals surface area (Å²) in [6, 6.07) is 7.24. The average Bonchev–Trinajstić information content (AvgIpc) is 2.45. The highest BCUT2D eigenvalue weighted by Crippen LogP contribution is 2.22. The minimum absolute atomic E-state index is 0.0253. The van der Waals surface area contributed by atoms with Gasteiger partial charge in [-0.15, -0.1) is 0 Å². The number of carbonyl (C=O) groups is 2. The maximum Gasteiger partial charge on any atom is 0.285 e. The second-order valence-electron chi connectivity index (χ2n) is 4.64. The number of benzene rings is 1. The second-order valence-corrected chi connectivity index (χ2v) is 5.66. The zero-order valence-electron chi connectivity index (χ0n) is 12.7. The SMILES string of the molecule is CCOCCCC(=O)Nc1ccc(SC(=O)N(C)C)cc1. The highest BCUT2D eigenvalue weighted by atomic mass is 32.2. The zero-order chi connectivity index (χ0) is 15.7. The fourth-order valence-corrected chi connectivity index (χ4v) is 2.16. The number of thioether (sulfide) groups is 1. The Morgan fingerprint density at radius 1 is 1.24 bits per heavy atom. The van der Waals surface area contributed by atoms with E-state index < -0.39 is 0 Å². The minimum atomic E-state index is -0.0283. The Bertz CT molecular complexity index is 460. The van der Waals surface area contributed by atoms with Crippen molar-refractivity contribution < 1.29 is 14.3 Å². The van der Waals surface area contributed by atoms with Gasteiger partial charge in [-0.25, -0.2) is 0 Å². The molecule has 0 heterocycles. The van der Waals surface area contributed by atoms with Gasteiger partial charge in [-0.05, 0) is 49.4 Å². The van der Waals surface area contributed by atoms with Crippen LogP contribution in [0.1, 0.15) is 19.8 Å². The molecule has 0 bridgehead atoms. The molecule has 0 saturated carbocycles. The molecule has 0 atom stereocenters. The molecule has 0 aliphatic carbocycles. The van der Waals surface area contributed by atoms with Crippen LogP contribution in [0.15, 0.2) is 29.2 Å². The maximum absolute atomic E-state index is 11.7. The number of rotatable bonds is 7. The first-order valence-electron chi connectivity index (χ1n) is 6.89. The van der Waals surface area contributed by atoms with Crippen LogP contribution in [0.5, 0.6) is 0 Å². The molecule has 0 fully saturated rings. The molecule has 1 aromatic carbocycles. The van der Waals surface area contributed by atoms with Gasteiger partial charge in [0, 0.05) is 44.3 Å². The quantitative estimate of drug-likeness (QED) is 0.620. The summed E-state index contributed by atoms with van der Waals surface area (Å²) < 4.78 is 5.19. The van der Waals surface area contributed by atoms with Crippen LogP contribution in [0, 0.1) is 0 Å². The number of hydrogen-bond acceptors (Lipinski definition) is 4. The first-order valence-corrected chi connectivity index (χ1v) is 7.71. The van der Waals surface area contributed by atoms with E-state index in [1.165, 1.54) is 4.90 Å². The summed E-state index contributed by atoms with van der Waals surface area (Å²) in [4.78, 5) is 25.6. The van der Waals surface area contributed by atoms with Gasteiger partial charge in [0.15, 0.2) is 0 Å². The molecular weight excluding hydrogens is 288 g/mol. The standard InChI is InChI=1S/C15H22N2O3S/c1-4-20-11-5-6-14(18)16-12-7-9-13(10-8-12)21-15(19)17(2)3/h7-10H,4-6,11H2,1-3H3,(H,16,18). The van der Waals surface area contributed by atoms with E-state index in [9.17, 15) is 9.59 Å². The lowest BCUT2D eigenvalue weighted by Crippen LogP contribution is -2.16. The molecule has 5 nitrogen and oxygen atoms in total. The third-order valence-corrected chi connectivity index (χ3v) is 3.65. The van der Waals surface area contributed by atoms with E-state index in [4.69, 9.17) is 4.74 Å². The third kappa shape index (κ3) is 7.15. The van der Waals surface area contributed by atoms with Crippen LogP contribution in [0.2, 0.25) is 0 Å². The largest absolute Gasteiger partial charge is 0.382 e. The van der Waals surface area contributed by atoms with Gasteiger partial charge >= 0.3 is 0 Å². The smallest absolute Gasteiger partial charge is 0.285 e. The molecule has 21 heavy (non-hydrogen) atoms. The lowest BCUT2D eigenvalue weighted by atomic mass is 10.2. The Balaban J connectivity index is 2.40. The van der Waals surface area contributed by atoms with Crippen LogP contribution in [0.3, 0.4) is 0 Å². The van der Waals surface area contributed by atoms with Crippen molar-refractivity contribution in [3.63, 3.8) is 0 Å². The first kappa shape index (κ1) is 17.5. The Kier molecular flexibility index (Phi) is 7.85. The normalized spacial score (nSPS) is 10.2. The number of amides is 2. The predicted molar refractivity (Wildman–Crippen MR) is 85.7 cm³/mol. The summed E-state index contributed by atoms with van der Waals surface area (Å²) >= 11 is 1.16. The average molecular weight is 310 g/mol. The summed E-state index contributed by atoms with van der Waals surface area (Å²) in [7, 11) is 3.43. The van der Waals surface area contributed by atoms with Gasteiger partial charge in [-0.3, -0.25) is 9.59 Å². The number of ether oxygens (including phenoxy) is 1. The highest BCUT2D eigenvalue weighted by molar-refractivity contribution is 8.13. The monoisotopic (exact) mass is 310 g/mol. The van der Waals surface area contributed by atoms with Crippen molar-refractivity contribution in [2.75, 3.05) is 32.6 Å². The number of hydrogen-bond donors (Lipinski definition) is 1. The van der Waals surface area contributed by atoms with E-state index in [0.717, 1.165) is 22.3 Å². The van der Waals surface area contributed by atoms with Gasteiger partial charge in [0.2, 0.25) is 5.91 Å². The van der Waals surface area contributed by atoms with Crippen molar-refractivity contribution in [3.8, 4) is 0 Å². The highest BCUT2D eigenvalue weighted by Gasteiger charge is 2.07. The van der Waals surface area contributed by atoms with E-state index in [1.807, 2.05) is 19.1 Å². The number of nitrogens with zero attached hydrogens (tertiary/aromatic N) is 1. The van der Waals surface area contributed by atoms with E-state index in [2.05, 4.69) is 5.32 Å². The molecule has 2 amide bonds. The molecule has 0 unspecified atom stereocenters. The van der Waals surface area contributed by atoms with Gasteiger partial charge < -0.3 is 15.0 Å². The van der Waals surface area contributed by atoms with Crippen LogP contribution in [0.4, 0.5) is 10.5 Å². The molecule has 0 aromatic heterocycles. The van der Waals surface area contributed by atoms with Crippen molar-refractivity contribution in [1.29, 1.82) is 0 Å². The molecular formula is C15H22N2O3S. The summed E-state index contributed by atoms with van der Waals surface area (Å²) in [5, 5.41) is 2.80. The Morgan fingerprint density at radius 2 is 1.90 bits per heavy atom. The van der Waals surface area contributed by atoms with Crippen molar-refractivity contribution in [1.82, 2.24) is 4.90 Å². The topological polar surface area (TPSA) is 58.6 Å². The predicted octanol–water partition coefficient (Wildman–Crippen LogP) is 3.22. The molecule has 1 rings (SSSR count). The molecule has 0 aliphatic rings. The van der Waals surface area contributed by atoms with Gasteiger partial charge in [0.25, 0.3) is 5.24 Å². The molecule has 0 saturated heterocycles. The number of carbonyl (C=O) groups excluding carboxylic acids is 2. The van der Waals surface area contributed by atoms with E-state index >= 15 is 0 Å². The first-order chi connectivity index (χ1) is 10.0. The van der Waals surface area contributed by atoms with Crippen molar-refractivity contribution in [2.45, 2.75) is 24.7 Å². The zero-order valence-corrected chi connectivity index (χ0v) is 13.5. The van der Waals surface area contributed by atoms with Crippen molar-refractivity contribution in [2.24, 2.45) is 0 Å². The van der Waals surface area contributed by atoms with Crippen LogP contribution in [-0.2, 0) is 9.53 Å². The molecule has 6 heteroatoms. The lowest BCUT2D eigenvalue weighted by molar-refractivity contribution is -0.116. The summed E-state index contributed by atoms with van der Waals surface area (Å²) in [5.41, 5.74) is 0.734. The molecule has 0 radical (unpaired) electrons. The number of anilines is 1. The van der Waals surface area contributed by atoms with Crippen LogP contribution in [0.25, 0.3) is 0 Å². The molecule has 0 spiro atoms. The van der Waals surface area contributed by atoms with Crippen molar-refractivity contribution in [3.05, 3.63) is 24.3 Å². The maximum atomic E-state index is 11.7. The Hall–Kier alpha value is -1.53. The fourth-order valence-electron chi connectivity index (χ4n) is 1.50. The van der Waals surface area contributed by atoms with Crippen LogP contribution < -0.4 is 5.32 Å². The van der Waals surface area contributed by atoms with E-state index in [0.29, 0.717) is 26.1 Å². The van der Waals surface area contributed by atoms with Gasteiger partial charge in [-0.2, -0.15) is 0 Å². The van der Waals surface area contributed by atoms with Crippen LogP contribution >= 0.6 is 11.8 Å². The van der Waals surface area contributed by atoms with Gasteiger partial charge in [-0.1, -0.05) is 0 Å². The summed E-state index contributed by atoms with van der Waals surface area (Å²) in [6.45, 7) is 3.21. The van der Waals surface area contributed by atoms with E-state index in [-0.39, 0.29) is 11.1 Å². The van der Waals surface area contributed by atoms with Gasteiger partial charge in [0.1, 0.15) is 0 Å². The Morgan fingerprint density at radius 3 is 2.48 bits per heavy atom. The molecule has 0 aliphatic heterocycles. The molecule has 1 aromatic rings. The number of nitrogens with one attached hydrogen (secondary N) is 1. The molecule has 1 N–H and O–H groups in total. The minimum Gasteiger partial charge on any atom is -0.382 e. The fraction of sp³-hybridized carbons (Fsp3) is 0.467.